The van der Waals surface area contributed by atoms with Gasteiger partial charge in [-0.15, -0.1) is 11.3 Å². The van der Waals surface area contributed by atoms with E-state index in [9.17, 15) is 13.2 Å². The molecular weight excluding hydrogens is 272 g/mol. The molecule has 2 aromatic heterocycles. The van der Waals surface area contributed by atoms with Crippen LogP contribution in [0.5, 0.6) is 0 Å². The van der Waals surface area contributed by atoms with Gasteiger partial charge in [0.05, 0.1) is 10.8 Å². The van der Waals surface area contributed by atoms with Gasteiger partial charge in [0.25, 0.3) is 5.56 Å². The Morgan fingerprint density at radius 1 is 1.44 bits per heavy atom. The lowest BCUT2D eigenvalue weighted by atomic mass is 10.3. The van der Waals surface area contributed by atoms with E-state index in [1.54, 1.807) is 26.2 Å². The third-order valence-electron chi connectivity index (χ3n) is 2.44. The van der Waals surface area contributed by atoms with Gasteiger partial charge < -0.3 is 4.57 Å². The SMILES string of the molecule is Cc1nc(S(=O)(=O)Cc2ccn(C)c(=O)c2)cs1. The molecule has 0 aliphatic carbocycles. The zero-order valence-corrected chi connectivity index (χ0v) is 11.6. The molecule has 2 rings (SSSR count). The van der Waals surface area contributed by atoms with E-state index in [0.717, 1.165) is 0 Å². The first-order valence-electron chi connectivity index (χ1n) is 5.19. The summed E-state index contributed by atoms with van der Waals surface area (Å²) in [6.45, 7) is 1.75. The molecule has 0 N–H and O–H groups in total. The Kier molecular flexibility index (Phi) is 3.36. The van der Waals surface area contributed by atoms with Crippen LogP contribution in [0.25, 0.3) is 0 Å². The molecule has 0 amide bonds. The monoisotopic (exact) mass is 284 g/mol. The van der Waals surface area contributed by atoms with E-state index < -0.39 is 9.84 Å². The summed E-state index contributed by atoms with van der Waals surface area (Å²) in [6.07, 6.45) is 1.56. The van der Waals surface area contributed by atoms with Crippen LogP contribution in [0.2, 0.25) is 0 Å². The summed E-state index contributed by atoms with van der Waals surface area (Å²) < 4.78 is 25.5. The van der Waals surface area contributed by atoms with E-state index in [0.29, 0.717) is 10.6 Å². The maximum atomic E-state index is 12.0. The van der Waals surface area contributed by atoms with Crippen LogP contribution in [0.3, 0.4) is 0 Å². The highest BCUT2D eigenvalue weighted by atomic mass is 32.2. The largest absolute Gasteiger partial charge is 0.319 e. The second-order valence-electron chi connectivity index (χ2n) is 3.95. The third-order valence-corrected chi connectivity index (χ3v) is 4.92. The van der Waals surface area contributed by atoms with E-state index in [-0.39, 0.29) is 16.3 Å². The molecule has 0 fully saturated rings. The first-order valence-corrected chi connectivity index (χ1v) is 7.72. The standard InChI is InChI=1S/C11H12N2O3S2/c1-8-12-10(6-17-8)18(15,16)7-9-3-4-13(2)11(14)5-9/h3-6H,7H2,1-2H3. The van der Waals surface area contributed by atoms with Gasteiger partial charge in [-0.3, -0.25) is 4.79 Å². The Morgan fingerprint density at radius 3 is 2.72 bits per heavy atom. The maximum absolute atomic E-state index is 12.0. The number of sulfone groups is 1. The first-order chi connectivity index (χ1) is 8.38. The van der Waals surface area contributed by atoms with Crippen LogP contribution in [0.15, 0.2) is 33.5 Å². The summed E-state index contributed by atoms with van der Waals surface area (Å²) in [5.41, 5.74) is 0.251. The molecule has 96 valence electrons. The van der Waals surface area contributed by atoms with E-state index in [1.807, 2.05) is 0 Å². The third kappa shape index (κ3) is 2.68. The van der Waals surface area contributed by atoms with Gasteiger partial charge in [0.1, 0.15) is 0 Å². The lowest BCUT2D eigenvalue weighted by Crippen LogP contribution is -2.16. The number of hydrogen-bond donors (Lipinski definition) is 0. The van der Waals surface area contributed by atoms with Crippen molar-refractivity contribution in [2.45, 2.75) is 17.7 Å². The Balaban J connectivity index is 2.33. The molecule has 0 bridgehead atoms. The smallest absolute Gasteiger partial charge is 0.250 e. The minimum Gasteiger partial charge on any atom is -0.319 e. The first kappa shape index (κ1) is 13.0. The van der Waals surface area contributed by atoms with Gasteiger partial charge in [-0.05, 0) is 18.6 Å². The summed E-state index contributed by atoms with van der Waals surface area (Å²) >= 11 is 1.29. The molecule has 0 radical (unpaired) electrons. The van der Waals surface area contributed by atoms with Gasteiger partial charge >= 0.3 is 0 Å². The highest BCUT2D eigenvalue weighted by Gasteiger charge is 2.18. The summed E-state index contributed by atoms with van der Waals surface area (Å²) in [6, 6.07) is 2.95. The highest BCUT2D eigenvalue weighted by Crippen LogP contribution is 2.18. The molecule has 2 aromatic rings. The topological polar surface area (TPSA) is 69.0 Å². The van der Waals surface area contributed by atoms with Gasteiger partial charge in [0, 0.05) is 24.7 Å². The van der Waals surface area contributed by atoms with Crippen LogP contribution in [0.1, 0.15) is 10.6 Å². The van der Waals surface area contributed by atoms with E-state index in [1.165, 1.54) is 27.4 Å². The Morgan fingerprint density at radius 2 is 2.17 bits per heavy atom. The zero-order chi connectivity index (χ0) is 13.3. The fraction of sp³-hybridized carbons (Fsp3) is 0.273. The quantitative estimate of drug-likeness (QED) is 0.847. The lowest BCUT2D eigenvalue weighted by Gasteiger charge is -2.02. The van der Waals surface area contributed by atoms with Crippen molar-refractivity contribution in [3.63, 3.8) is 0 Å². The molecule has 7 heteroatoms. The molecule has 5 nitrogen and oxygen atoms in total. The molecule has 0 aliphatic heterocycles. The molecule has 0 aromatic carbocycles. The normalized spacial score (nSPS) is 11.7. The van der Waals surface area contributed by atoms with Crippen molar-refractivity contribution in [2.24, 2.45) is 7.05 Å². The van der Waals surface area contributed by atoms with Crippen LogP contribution >= 0.6 is 11.3 Å². The minimum atomic E-state index is -3.47. The van der Waals surface area contributed by atoms with Crippen molar-refractivity contribution in [3.8, 4) is 0 Å². The molecule has 0 spiro atoms. The molecule has 18 heavy (non-hydrogen) atoms. The summed E-state index contributed by atoms with van der Waals surface area (Å²) in [7, 11) is -1.86. The second kappa shape index (κ2) is 4.66. The molecule has 0 unspecified atom stereocenters. The van der Waals surface area contributed by atoms with Crippen molar-refractivity contribution >= 4 is 21.2 Å². The van der Waals surface area contributed by atoms with Crippen LogP contribution in [0, 0.1) is 6.92 Å². The number of rotatable bonds is 3. The Bertz CT molecular complexity index is 729. The highest BCUT2D eigenvalue weighted by molar-refractivity contribution is 7.90. The number of aromatic nitrogens is 2. The lowest BCUT2D eigenvalue weighted by molar-refractivity contribution is 0.592. The van der Waals surface area contributed by atoms with Crippen LogP contribution in [-0.2, 0) is 22.6 Å². The summed E-state index contributed by atoms with van der Waals surface area (Å²) in [5.74, 6) is -0.202. The van der Waals surface area contributed by atoms with Gasteiger partial charge in [0.2, 0.25) is 9.84 Å². The Labute approximate surface area is 109 Å². The molecule has 2 heterocycles. The minimum absolute atomic E-state index is 0.0747. The fourth-order valence-corrected chi connectivity index (χ4v) is 3.77. The average molecular weight is 284 g/mol. The fourth-order valence-electron chi connectivity index (χ4n) is 1.46. The second-order valence-corrected chi connectivity index (χ2v) is 6.95. The van der Waals surface area contributed by atoms with Crippen LogP contribution < -0.4 is 5.56 Å². The van der Waals surface area contributed by atoms with E-state index >= 15 is 0 Å². The summed E-state index contributed by atoms with van der Waals surface area (Å²) in [5, 5.41) is 2.30. The molecule has 0 saturated heterocycles. The molecule has 0 aliphatic rings. The van der Waals surface area contributed by atoms with E-state index in [4.69, 9.17) is 0 Å². The van der Waals surface area contributed by atoms with Crippen molar-refractivity contribution < 1.29 is 8.42 Å². The van der Waals surface area contributed by atoms with E-state index in [2.05, 4.69) is 4.98 Å². The number of thiazole rings is 1. The number of pyridine rings is 1. The number of hydrogen-bond acceptors (Lipinski definition) is 5. The van der Waals surface area contributed by atoms with Gasteiger partial charge in [-0.2, -0.15) is 0 Å². The molecule has 0 saturated carbocycles. The Hall–Kier alpha value is -1.47. The van der Waals surface area contributed by atoms with Gasteiger partial charge in [0.15, 0.2) is 5.03 Å². The number of aryl methyl sites for hydroxylation is 2. The number of nitrogens with zero attached hydrogens (tertiary/aromatic N) is 2. The van der Waals surface area contributed by atoms with Crippen LogP contribution in [0.4, 0.5) is 0 Å². The van der Waals surface area contributed by atoms with Crippen LogP contribution in [-0.4, -0.2) is 18.0 Å². The van der Waals surface area contributed by atoms with Crippen molar-refractivity contribution in [2.75, 3.05) is 0 Å². The predicted octanol–water partition coefficient (Wildman–Crippen LogP) is 1.12. The molecule has 0 atom stereocenters. The average Bonchev–Trinajstić information content (AvgIpc) is 2.71. The van der Waals surface area contributed by atoms with Crippen molar-refractivity contribution in [1.29, 1.82) is 0 Å². The molecular formula is C11H12N2O3S2. The maximum Gasteiger partial charge on any atom is 0.250 e. The predicted molar refractivity (Wildman–Crippen MR) is 69.4 cm³/mol. The van der Waals surface area contributed by atoms with Gasteiger partial charge in [-0.1, -0.05) is 0 Å². The van der Waals surface area contributed by atoms with Gasteiger partial charge in [-0.25, -0.2) is 13.4 Å². The van der Waals surface area contributed by atoms with Crippen molar-refractivity contribution in [1.82, 2.24) is 9.55 Å². The van der Waals surface area contributed by atoms with Crippen molar-refractivity contribution in [3.05, 3.63) is 44.6 Å². The summed E-state index contributed by atoms with van der Waals surface area (Å²) in [4.78, 5) is 15.4. The zero-order valence-electron chi connectivity index (χ0n) is 9.95.